The van der Waals surface area contributed by atoms with Crippen LogP contribution in [-0.2, 0) is 22.6 Å². The number of nitrogens with one attached hydrogen (secondary N) is 1. The van der Waals surface area contributed by atoms with Crippen molar-refractivity contribution in [2.24, 2.45) is 0 Å². The normalized spacial score (nSPS) is 23.7. The standard InChI is InChI=1S/C18H31N5O2/c1-3-22-7-6-19-17(22)14-21-8-10-23(11-9-21)15(2)18(24)20-13-16-5-4-12-25-16/h6-7,15-16H,3-5,8-14H2,1-2H3,(H,20,24). The number of rotatable bonds is 7. The van der Waals surface area contributed by atoms with Crippen molar-refractivity contribution < 1.29 is 9.53 Å². The van der Waals surface area contributed by atoms with E-state index in [1.165, 1.54) is 0 Å². The van der Waals surface area contributed by atoms with Gasteiger partial charge in [-0.2, -0.15) is 0 Å². The highest BCUT2D eigenvalue weighted by molar-refractivity contribution is 5.81. The summed E-state index contributed by atoms with van der Waals surface area (Å²) in [5, 5.41) is 3.05. The SMILES string of the molecule is CCn1ccnc1CN1CCN(C(C)C(=O)NCC2CCCO2)CC1. The summed E-state index contributed by atoms with van der Waals surface area (Å²) in [6.45, 7) is 11.2. The van der Waals surface area contributed by atoms with Crippen molar-refractivity contribution in [3.05, 3.63) is 18.2 Å². The second-order valence-corrected chi connectivity index (χ2v) is 7.00. The zero-order chi connectivity index (χ0) is 17.6. The number of hydrogen-bond acceptors (Lipinski definition) is 5. The first-order valence-electron chi connectivity index (χ1n) is 9.53. The molecule has 2 fully saturated rings. The molecule has 0 radical (unpaired) electrons. The molecule has 2 aliphatic rings. The zero-order valence-electron chi connectivity index (χ0n) is 15.5. The van der Waals surface area contributed by atoms with Gasteiger partial charge in [0.1, 0.15) is 5.82 Å². The summed E-state index contributed by atoms with van der Waals surface area (Å²) in [4.78, 5) is 21.5. The lowest BCUT2D eigenvalue weighted by Crippen LogP contribution is -2.54. The molecule has 0 aliphatic carbocycles. The Morgan fingerprint density at radius 3 is 2.88 bits per heavy atom. The Bertz CT molecular complexity index is 547. The minimum Gasteiger partial charge on any atom is -0.376 e. The minimum atomic E-state index is -0.0822. The molecule has 25 heavy (non-hydrogen) atoms. The number of amides is 1. The zero-order valence-corrected chi connectivity index (χ0v) is 15.5. The molecule has 1 aromatic rings. The average molecular weight is 349 g/mol. The molecule has 1 amide bonds. The van der Waals surface area contributed by atoms with Gasteiger partial charge in [-0.1, -0.05) is 0 Å². The molecule has 1 N–H and O–H groups in total. The third-order valence-corrected chi connectivity index (χ3v) is 5.37. The number of imidazole rings is 1. The topological polar surface area (TPSA) is 62.6 Å². The smallest absolute Gasteiger partial charge is 0.237 e. The van der Waals surface area contributed by atoms with E-state index in [0.717, 1.165) is 64.5 Å². The van der Waals surface area contributed by atoms with Gasteiger partial charge in [-0.25, -0.2) is 4.98 Å². The van der Waals surface area contributed by atoms with Gasteiger partial charge < -0.3 is 14.6 Å². The second kappa shape index (κ2) is 8.78. The van der Waals surface area contributed by atoms with Gasteiger partial charge in [-0.05, 0) is 26.7 Å². The molecule has 2 unspecified atom stereocenters. The summed E-state index contributed by atoms with van der Waals surface area (Å²) in [6, 6.07) is -0.0822. The third kappa shape index (κ3) is 4.80. The Morgan fingerprint density at radius 1 is 1.40 bits per heavy atom. The van der Waals surface area contributed by atoms with Crippen LogP contribution in [0.5, 0.6) is 0 Å². The first kappa shape index (κ1) is 18.4. The fourth-order valence-electron chi connectivity index (χ4n) is 3.62. The molecule has 2 atom stereocenters. The van der Waals surface area contributed by atoms with Gasteiger partial charge in [0.25, 0.3) is 0 Å². The molecule has 1 aromatic heterocycles. The van der Waals surface area contributed by atoms with E-state index >= 15 is 0 Å². The molecule has 7 nitrogen and oxygen atoms in total. The summed E-state index contributed by atoms with van der Waals surface area (Å²) in [7, 11) is 0. The van der Waals surface area contributed by atoms with Crippen LogP contribution in [-0.4, -0.2) is 76.7 Å². The van der Waals surface area contributed by atoms with Gasteiger partial charge in [0.15, 0.2) is 0 Å². The third-order valence-electron chi connectivity index (χ3n) is 5.37. The highest BCUT2D eigenvalue weighted by Crippen LogP contribution is 2.12. The van der Waals surface area contributed by atoms with Gasteiger partial charge in [-0.3, -0.25) is 14.6 Å². The number of carbonyl (C=O) groups is 1. The van der Waals surface area contributed by atoms with Crippen LogP contribution in [0.15, 0.2) is 12.4 Å². The summed E-state index contributed by atoms with van der Waals surface area (Å²) in [5.41, 5.74) is 0. The fourth-order valence-corrected chi connectivity index (χ4v) is 3.62. The predicted molar refractivity (Wildman–Crippen MR) is 96.2 cm³/mol. The summed E-state index contributed by atoms with van der Waals surface area (Å²) in [5.74, 6) is 1.24. The van der Waals surface area contributed by atoms with E-state index in [1.54, 1.807) is 0 Å². The van der Waals surface area contributed by atoms with Gasteiger partial charge in [0.2, 0.25) is 5.91 Å². The van der Waals surface area contributed by atoms with Crippen molar-refractivity contribution in [3.63, 3.8) is 0 Å². The maximum atomic E-state index is 12.4. The van der Waals surface area contributed by atoms with Crippen LogP contribution in [0.25, 0.3) is 0 Å². The monoisotopic (exact) mass is 349 g/mol. The highest BCUT2D eigenvalue weighted by atomic mass is 16.5. The lowest BCUT2D eigenvalue weighted by molar-refractivity contribution is -0.127. The second-order valence-electron chi connectivity index (χ2n) is 7.00. The molecule has 3 rings (SSSR count). The Hall–Kier alpha value is -1.44. The minimum absolute atomic E-state index is 0.0822. The van der Waals surface area contributed by atoms with Crippen molar-refractivity contribution in [3.8, 4) is 0 Å². The van der Waals surface area contributed by atoms with E-state index in [0.29, 0.717) is 6.54 Å². The van der Waals surface area contributed by atoms with Crippen molar-refractivity contribution in [2.75, 3.05) is 39.3 Å². The van der Waals surface area contributed by atoms with Crippen LogP contribution >= 0.6 is 0 Å². The summed E-state index contributed by atoms with van der Waals surface area (Å²) < 4.78 is 7.76. The van der Waals surface area contributed by atoms with E-state index in [4.69, 9.17) is 4.74 Å². The molecule has 0 saturated carbocycles. The van der Waals surface area contributed by atoms with Crippen molar-refractivity contribution in [2.45, 2.75) is 51.9 Å². The molecule has 0 bridgehead atoms. The Labute approximate surface area is 150 Å². The van der Waals surface area contributed by atoms with Crippen LogP contribution in [0.2, 0.25) is 0 Å². The molecule has 140 valence electrons. The van der Waals surface area contributed by atoms with E-state index in [9.17, 15) is 4.79 Å². The maximum Gasteiger partial charge on any atom is 0.237 e. The van der Waals surface area contributed by atoms with Crippen LogP contribution in [0.3, 0.4) is 0 Å². The fraction of sp³-hybridized carbons (Fsp3) is 0.778. The Balaban J connectivity index is 1.40. The molecular formula is C18H31N5O2. The summed E-state index contributed by atoms with van der Waals surface area (Å²) >= 11 is 0. The summed E-state index contributed by atoms with van der Waals surface area (Å²) in [6.07, 6.45) is 6.27. The van der Waals surface area contributed by atoms with E-state index in [2.05, 4.69) is 31.6 Å². The number of carbonyl (C=O) groups excluding carboxylic acids is 1. The van der Waals surface area contributed by atoms with E-state index < -0.39 is 0 Å². The molecule has 2 saturated heterocycles. The van der Waals surface area contributed by atoms with Crippen LogP contribution in [0.1, 0.15) is 32.5 Å². The first-order valence-corrected chi connectivity index (χ1v) is 9.53. The quantitative estimate of drug-likeness (QED) is 0.785. The maximum absolute atomic E-state index is 12.4. The van der Waals surface area contributed by atoms with Crippen LogP contribution in [0, 0.1) is 0 Å². The number of aryl methyl sites for hydroxylation is 1. The van der Waals surface area contributed by atoms with Crippen molar-refractivity contribution in [1.29, 1.82) is 0 Å². The highest BCUT2D eigenvalue weighted by Gasteiger charge is 2.26. The molecule has 0 spiro atoms. The number of piperazine rings is 1. The lowest BCUT2D eigenvalue weighted by Gasteiger charge is -2.37. The van der Waals surface area contributed by atoms with Gasteiger partial charge >= 0.3 is 0 Å². The Morgan fingerprint density at radius 2 is 2.20 bits per heavy atom. The van der Waals surface area contributed by atoms with Gasteiger partial charge in [-0.15, -0.1) is 0 Å². The molecule has 2 aliphatic heterocycles. The predicted octanol–water partition coefficient (Wildman–Crippen LogP) is 0.704. The number of ether oxygens (including phenoxy) is 1. The van der Waals surface area contributed by atoms with Crippen LogP contribution < -0.4 is 5.32 Å². The number of nitrogens with zero attached hydrogens (tertiary/aromatic N) is 4. The van der Waals surface area contributed by atoms with Gasteiger partial charge in [0.05, 0.1) is 18.7 Å². The van der Waals surface area contributed by atoms with E-state index in [-0.39, 0.29) is 18.1 Å². The number of aromatic nitrogens is 2. The first-order chi connectivity index (χ1) is 12.2. The largest absolute Gasteiger partial charge is 0.376 e. The lowest BCUT2D eigenvalue weighted by atomic mass is 10.2. The van der Waals surface area contributed by atoms with Crippen molar-refractivity contribution >= 4 is 5.91 Å². The average Bonchev–Trinajstić information content (AvgIpc) is 3.31. The molecule has 0 aromatic carbocycles. The molecule has 7 heteroatoms. The van der Waals surface area contributed by atoms with Crippen LogP contribution in [0.4, 0.5) is 0 Å². The van der Waals surface area contributed by atoms with Crippen molar-refractivity contribution in [1.82, 2.24) is 24.7 Å². The Kier molecular flexibility index (Phi) is 6.45. The number of hydrogen-bond donors (Lipinski definition) is 1. The molecular weight excluding hydrogens is 318 g/mol. The van der Waals surface area contributed by atoms with Gasteiger partial charge in [0, 0.05) is 58.3 Å². The molecule has 3 heterocycles. The van der Waals surface area contributed by atoms with E-state index in [1.807, 2.05) is 19.3 Å².